The highest BCUT2D eigenvalue weighted by Crippen LogP contribution is 2.31. The molecule has 0 bridgehead atoms. The fraction of sp³-hybridized carbons (Fsp3) is 0.600. The lowest BCUT2D eigenvalue weighted by molar-refractivity contribution is 0.0559. The van der Waals surface area contributed by atoms with Crippen LogP contribution < -0.4 is 4.90 Å². The van der Waals surface area contributed by atoms with Gasteiger partial charge in [-0.15, -0.1) is 0 Å². The van der Waals surface area contributed by atoms with Gasteiger partial charge in [-0.3, -0.25) is 0 Å². The predicted molar refractivity (Wildman–Crippen MR) is 73.8 cm³/mol. The SMILES string of the molecule is Cc1cc(N(C)CC2(O)CCCC2)ccc1CO. The standard InChI is InChI=1S/C15H23NO2/c1-12-9-14(6-5-13(12)10-17)16(2)11-15(18)7-3-4-8-15/h5-6,9,17-18H,3-4,7-8,10-11H2,1-2H3. The molecule has 1 aliphatic carbocycles. The van der Waals surface area contributed by atoms with E-state index in [1.165, 1.54) is 0 Å². The molecule has 0 unspecified atom stereocenters. The number of anilines is 1. The molecule has 0 saturated heterocycles. The summed E-state index contributed by atoms with van der Waals surface area (Å²) in [5, 5.41) is 19.6. The van der Waals surface area contributed by atoms with Crippen molar-refractivity contribution in [1.82, 2.24) is 0 Å². The summed E-state index contributed by atoms with van der Waals surface area (Å²) < 4.78 is 0. The maximum absolute atomic E-state index is 10.4. The molecule has 0 aromatic heterocycles. The second kappa shape index (κ2) is 5.29. The Morgan fingerprint density at radius 1 is 1.28 bits per heavy atom. The van der Waals surface area contributed by atoms with Crippen LogP contribution in [0, 0.1) is 6.92 Å². The van der Waals surface area contributed by atoms with Crippen molar-refractivity contribution in [2.24, 2.45) is 0 Å². The summed E-state index contributed by atoms with van der Waals surface area (Å²) in [7, 11) is 2.02. The highest BCUT2D eigenvalue weighted by molar-refractivity contribution is 5.50. The van der Waals surface area contributed by atoms with E-state index in [-0.39, 0.29) is 6.61 Å². The van der Waals surface area contributed by atoms with Crippen LogP contribution in [0.2, 0.25) is 0 Å². The summed E-state index contributed by atoms with van der Waals surface area (Å²) in [5.74, 6) is 0. The topological polar surface area (TPSA) is 43.7 Å². The second-order valence-corrected chi connectivity index (χ2v) is 5.56. The van der Waals surface area contributed by atoms with Gasteiger partial charge < -0.3 is 15.1 Å². The Labute approximate surface area is 109 Å². The lowest BCUT2D eigenvalue weighted by Crippen LogP contribution is -2.39. The zero-order chi connectivity index (χ0) is 13.2. The number of hydrogen-bond acceptors (Lipinski definition) is 3. The van der Waals surface area contributed by atoms with Gasteiger partial charge >= 0.3 is 0 Å². The number of nitrogens with zero attached hydrogens (tertiary/aromatic N) is 1. The first-order valence-electron chi connectivity index (χ1n) is 6.68. The van der Waals surface area contributed by atoms with Crippen LogP contribution in [0.15, 0.2) is 18.2 Å². The third-order valence-electron chi connectivity index (χ3n) is 4.00. The van der Waals surface area contributed by atoms with Gasteiger partial charge in [0.1, 0.15) is 0 Å². The quantitative estimate of drug-likeness (QED) is 0.860. The molecular weight excluding hydrogens is 226 g/mol. The van der Waals surface area contributed by atoms with Crippen molar-refractivity contribution in [3.63, 3.8) is 0 Å². The van der Waals surface area contributed by atoms with Crippen molar-refractivity contribution in [3.8, 4) is 0 Å². The molecule has 3 heteroatoms. The normalized spacial score (nSPS) is 18.0. The monoisotopic (exact) mass is 249 g/mol. The van der Waals surface area contributed by atoms with Gasteiger partial charge in [-0.2, -0.15) is 0 Å². The Morgan fingerprint density at radius 3 is 2.50 bits per heavy atom. The molecule has 2 rings (SSSR count). The first-order chi connectivity index (χ1) is 8.54. The summed E-state index contributed by atoms with van der Waals surface area (Å²) in [4.78, 5) is 2.11. The van der Waals surface area contributed by atoms with E-state index < -0.39 is 5.60 Å². The number of aliphatic hydroxyl groups is 2. The molecular formula is C15H23NO2. The van der Waals surface area contributed by atoms with E-state index in [1.807, 2.05) is 26.1 Å². The van der Waals surface area contributed by atoms with Crippen molar-refractivity contribution < 1.29 is 10.2 Å². The maximum Gasteiger partial charge on any atom is 0.0821 e. The third-order valence-corrected chi connectivity index (χ3v) is 4.00. The Morgan fingerprint density at radius 2 is 1.94 bits per heavy atom. The molecule has 3 nitrogen and oxygen atoms in total. The summed E-state index contributed by atoms with van der Waals surface area (Å²) in [6, 6.07) is 6.04. The third kappa shape index (κ3) is 2.85. The van der Waals surface area contributed by atoms with Gasteiger partial charge in [0.2, 0.25) is 0 Å². The molecule has 18 heavy (non-hydrogen) atoms. The van der Waals surface area contributed by atoms with Crippen LogP contribution in [-0.2, 0) is 6.61 Å². The molecule has 1 aromatic rings. The van der Waals surface area contributed by atoms with Crippen LogP contribution in [-0.4, -0.2) is 29.4 Å². The number of benzene rings is 1. The molecule has 1 aliphatic rings. The number of hydrogen-bond donors (Lipinski definition) is 2. The van der Waals surface area contributed by atoms with Crippen LogP contribution in [0.3, 0.4) is 0 Å². The smallest absolute Gasteiger partial charge is 0.0821 e. The zero-order valence-electron chi connectivity index (χ0n) is 11.3. The van der Waals surface area contributed by atoms with Crippen molar-refractivity contribution in [2.45, 2.75) is 44.8 Å². The fourth-order valence-electron chi connectivity index (χ4n) is 2.82. The number of likely N-dealkylation sites (N-methyl/N-ethyl adjacent to an activating group) is 1. The molecule has 1 aromatic carbocycles. The Bertz CT molecular complexity index is 411. The molecule has 0 radical (unpaired) electrons. The van der Waals surface area contributed by atoms with Gasteiger partial charge in [0, 0.05) is 19.3 Å². The summed E-state index contributed by atoms with van der Waals surface area (Å²) in [6.45, 7) is 2.78. The highest BCUT2D eigenvalue weighted by Gasteiger charge is 2.32. The van der Waals surface area contributed by atoms with Crippen molar-refractivity contribution in [3.05, 3.63) is 29.3 Å². The van der Waals surface area contributed by atoms with Gasteiger partial charge in [0.05, 0.1) is 12.2 Å². The first-order valence-corrected chi connectivity index (χ1v) is 6.68. The summed E-state index contributed by atoms with van der Waals surface area (Å²) in [5.41, 5.74) is 2.65. The average Bonchev–Trinajstić information content (AvgIpc) is 2.75. The summed E-state index contributed by atoms with van der Waals surface area (Å²) in [6.07, 6.45) is 4.08. The molecule has 0 spiro atoms. The van der Waals surface area contributed by atoms with Crippen molar-refractivity contribution in [1.29, 1.82) is 0 Å². The Balaban J connectivity index is 2.08. The molecule has 1 saturated carbocycles. The van der Waals surface area contributed by atoms with Gasteiger partial charge in [0.25, 0.3) is 0 Å². The van der Waals surface area contributed by atoms with Crippen LogP contribution >= 0.6 is 0 Å². The van der Waals surface area contributed by atoms with Gasteiger partial charge in [-0.25, -0.2) is 0 Å². The van der Waals surface area contributed by atoms with Gasteiger partial charge in [0.15, 0.2) is 0 Å². The fourth-order valence-corrected chi connectivity index (χ4v) is 2.82. The van der Waals surface area contributed by atoms with Crippen LogP contribution in [0.4, 0.5) is 5.69 Å². The predicted octanol–water partition coefficient (Wildman–Crippen LogP) is 2.23. The second-order valence-electron chi connectivity index (χ2n) is 5.56. The number of aryl methyl sites for hydroxylation is 1. The lowest BCUT2D eigenvalue weighted by atomic mass is 10.0. The average molecular weight is 249 g/mol. The van der Waals surface area contributed by atoms with E-state index in [0.717, 1.165) is 42.5 Å². The number of rotatable bonds is 4. The molecule has 0 aliphatic heterocycles. The van der Waals surface area contributed by atoms with E-state index in [1.54, 1.807) is 0 Å². The van der Waals surface area contributed by atoms with E-state index in [9.17, 15) is 5.11 Å². The van der Waals surface area contributed by atoms with Crippen molar-refractivity contribution >= 4 is 5.69 Å². The minimum absolute atomic E-state index is 0.0831. The molecule has 0 amide bonds. The maximum atomic E-state index is 10.4. The van der Waals surface area contributed by atoms with E-state index in [4.69, 9.17) is 5.11 Å². The Hall–Kier alpha value is -1.06. The number of aliphatic hydroxyl groups excluding tert-OH is 1. The minimum Gasteiger partial charge on any atom is -0.392 e. The lowest BCUT2D eigenvalue weighted by Gasteiger charge is -2.30. The molecule has 0 atom stereocenters. The van der Waals surface area contributed by atoms with E-state index in [2.05, 4.69) is 11.0 Å². The van der Waals surface area contributed by atoms with Crippen LogP contribution in [0.1, 0.15) is 36.8 Å². The zero-order valence-corrected chi connectivity index (χ0v) is 11.3. The minimum atomic E-state index is -0.516. The highest BCUT2D eigenvalue weighted by atomic mass is 16.3. The van der Waals surface area contributed by atoms with E-state index >= 15 is 0 Å². The largest absolute Gasteiger partial charge is 0.392 e. The van der Waals surface area contributed by atoms with Crippen molar-refractivity contribution in [2.75, 3.05) is 18.5 Å². The molecule has 100 valence electrons. The van der Waals surface area contributed by atoms with Crippen LogP contribution in [0.5, 0.6) is 0 Å². The molecule has 2 N–H and O–H groups in total. The molecule has 0 heterocycles. The first kappa shape index (κ1) is 13.4. The Kier molecular flexibility index (Phi) is 3.93. The van der Waals surface area contributed by atoms with Gasteiger partial charge in [-0.05, 0) is 43.0 Å². The summed E-state index contributed by atoms with van der Waals surface area (Å²) >= 11 is 0. The van der Waals surface area contributed by atoms with E-state index in [0.29, 0.717) is 6.54 Å². The molecule has 1 fully saturated rings. The van der Waals surface area contributed by atoms with Gasteiger partial charge in [-0.1, -0.05) is 18.9 Å². The van der Waals surface area contributed by atoms with Crippen LogP contribution in [0.25, 0.3) is 0 Å².